The van der Waals surface area contributed by atoms with Gasteiger partial charge in [-0.1, -0.05) is 13.0 Å². The van der Waals surface area contributed by atoms with E-state index in [9.17, 15) is 24.8 Å². The Kier molecular flexibility index (Phi) is 5.87. The monoisotopic (exact) mass is 398 g/mol. The van der Waals surface area contributed by atoms with Crippen LogP contribution in [0.15, 0.2) is 66.3 Å². The molecule has 3 rings (SSSR count). The predicted molar refractivity (Wildman–Crippen MR) is 100.0 cm³/mol. The summed E-state index contributed by atoms with van der Waals surface area (Å²) in [6.45, 7) is 1.51. The number of β-lactam (4-membered cyclic amide) rings is 1. The Morgan fingerprint density at radius 1 is 1.28 bits per heavy atom. The summed E-state index contributed by atoms with van der Waals surface area (Å²) in [6, 6.07) is 11.0. The van der Waals surface area contributed by atoms with E-state index >= 15 is 0 Å². The van der Waals surface area contributed by atoms with E-state index in [0.29, 0.717) is 5.56 Å². The van der Waals surface area contributed by atoms with Gasteiger partial charge in [-0.25, -0.2) is 9.69 Å². The van der Waals surface area contributed by atoms with Crippen molar-refractivity contribution in [3.8, 4) is 0 Å². The van der Waals surface area contributed by atoms with Crippen molar-refractivity contribution in [1.82, 2.24) is 4.90 Å². The van der Waals surface area contributed by atoms with E-state index in [1.807, 2.05) is 6.07 Å². The van der Waals surface area contributed by atoms with Crippen LogP contribution in [0.2, 0.25) is 0 Å². The number of nitro benzene ring substituents is 1. The molecule has 2 aromatic rings. The van der Waals surface area contributed by atoms with Crippen LogP contribution in [0.5, 0.6) is 0 Å². The van der Waals surface area contributed by atoms with Gasteiger partial charge in [0.05, 0.1) is 4.92 Å². The normalized spacial score (nSPS) is 16.7. The van der Waals surface area contributed by atoms with Crippen LogP contribution in [0.25, 0.3) is 0 Å². The number of esters is 1. The molecule has 9 nitrogen and oxygen atoms in total. The molecule has 1 saturated heterocycles. The van der Waals surface area contributed by atoms with E-state index in [0.717, 1.165) is 0 Å². The number of carbonyl (C=O) groups excluding carboxylic acids is 2. The molecule has 1 unspecified atom stereocenters. The molecule has 2 heterocycles. The van der Waals surface area contributed by atoms with Crippen molar-refractivity contribution in [3.05, 3.63) is 82.0 Å². The van der Waals surface area contributed by atoms with Crippen molar-refractivity contribution in [2.24, 2.45) is 0 Å². The quantitative estimate of drug-likeness (QED) is 0.146. The van der Waals surface area contributed by atoms with Gasteiger partial charge >= 0.3 is 5.97 Å². The zero-order valence-electron chi connectivity index (χ0n) is 15.7. The number of non-ortho nitro benzene ring substituents is 1. The van der Waals surface area contributed by atoms with E-state index in [2.05, 4.69) is 0 Å². The van der Waals surface area contributed by atoms with Crippen LogP contribution < -0.4 is 4.57 Å². The van der Waals surface area contributed by atoms with Gasteiger partial charge in [-0.05, 0) is 17.7 Å². The maximum atomic E-state index is 12.7. The number of aliphatic hydroxyl groups is 1. The van der Waals surface area contributed by atoms with Gasteiger partial charge in [0.2, 0.25) is 12.1 Å². The number of rotatable bonds is 7. The minimum Gasteiger partial charge on any atom is -0.510 e. The van der Waals surface area contributed by atoms with Crippen molar-refractivity contribution in [2.45, 2.75) is 32.5 Å². The summed E-state index contributed by atoms with van der Waals surface area (Å²) >= 11 is 0. The fourth-order valence-corrected chi connectivity index (χ4v) is 2.98. The van der Waals surface area contributed by atoms with Gasteiger partial charge in [-0.2, -0.15) is 4.57 Å². The van der Waals surface area contributed by atoms with Crippen LogP contribution in [-0.4, -0.2) is 26.8 Å². The standard InChI is InChI=1S/C20H19N3O6/c1-2-16(24)19(22-17(12-18(22)25)21-10-4-3-5-11-21)20(26)29-13-14-6-8-15(9-7-14)23(27)28/h3-11,17H,2,12-13H2,1H3/p+1. The summed E-state index contributed by atoms with van der Waals surface area (Å²) in [5.41, 5.74) is 0.286. The molecule has 1 atom stereocenters. The highest BCUT2D eigenvalue weighted by molar-refractivity contribution is 5.96. The summed E-state index contributed by atoms with van der Waals surface area (Å²) in [4.78, 5) is 36.4. The number of pyridine rings is 1. The number of benzene rings is 1. The summed E-state index contributed by atoms with van der Waals surface area (Å²) in [7, 11) is 0. The third kappa shape index (κ3) is 4.23. The lowest BCUT2D eigenvalue weighted by atomic mass is 10.1. The van der Waals surface area contributed by atoms with Gasteiger partial charge in [0.1, 0.15) is 18.8 Å². The molecule has 1 fully saturated rings. The first kappa shape index (κ1) is 20.0. The minimum absolute atomic E-state index is 0.0711. The Bertz CT molecular complexity index is 956. The summed E-state index contributed by atoms with van der Waals surface area (Å²) in [6.07, 6.45) is 3.46. The minimum atomic E-state index is -0.836. The molecule has 1 N–H and O–H groups in total. The molecule has 0 bridgehead atoms. The van der Waals surface area contributed by atoms with Crippen LogP contribution in [0.4, 0.5) is 5.69 Å². The van der Waals surface area contributed by atoms with Crippen molar-refractivity contribution >= 4 is 17.6 Å². The molecule has 1 aromatic heterocycles. The van der Waals surface area contributed by atoms with Gasteiger partial charge in [-0.3, -0.25) is 14.9 Å². The lowest BCUT2D eigenvalue weighted by molar-refractivity contribution is -0.745. The largest absolute Gasteiger partial charge is 0.510 e. The Morgan fingerprint density at radius 3 is 2.48 bits per heavy atom. The number of amides is 1. The van der Waals surface area contributed by atoms with Gasteiger partial charge in [0, 0.05) is 30.7 Å². The first-order valence-electron chi connectivity index (χ1n) is 9.02. The Hall–Kier alpha value is -3.75. The molecule has 9 heteroatoms. The predicted octanol–water partition coefficient (Wildman–Crippen LogP) is 2.54. The average Bonchev–Trinajstić information content (AvgIpc) is 2.74. The van der Waals surface area contributed by atoms with Crippen molar-refractivity contribution < 1.29 is 28.9 Å². The maximum absolute atomic E-state index is 12.7. The first-order chi connectivity index (χ1) is 13.9. The molecule has 29 heavy (non-hydrogen) atoms. The molecule has 1 aliphatic heterocycles. The van der Waals surface area contributed by atoms with Crippen molar-refractivity contribution in [2.75, 3.05) is 0 Å². The molecule has 0 saturated carbocycles. The van der Waals surface area contributed by atoms with E-state index in [4.69, 9.17) is 4.74 Å². The van der Waals surface area contributed by atoms with E-state index in [1.165, 1.54) is 29.2 Å². The van der Waals surface area contributed by atoms with E-state index in [-0.39, 0.29) is 42.5 Å². The van der Waals surface area contributed by atoms with Gasteiger partial charge in [0.25, 0.3) is 5.69 Å². The topological polar surface area (TPSA) is 114 Å². The summed E-state index contributed by atoms with van der Waals surface area (Å²) in [5, 5.41) is 21.0. The maximum Gasteiger partial charge on any atom is 0.359 e. The van der Waals surface area contributed by atoms with Crippen LogP contribution in [-0.2, 0) is 20.9 Å². The molecular formula is C20H20N3O6+. The van der Waals surface area contributed by atoms with Crippen LogP contribution in [0, 0.1) is 10.1 Å². The summed E-state index contributed by atoms with van der Waals surface area (Å²) < 4.78 is 7.04. The van der Waals surface area contributed by atoms with Crippen LogP contribution in [0.1, 0.15) is 31.5 Å². The molecular weight excluding hydrogens is 378 g/mol. The van der Waals surface area contributed by atoms with Gasteiger partial charge in [0.15, 0.2) is 18.1 Å². The number of hydrogen-bond acceptors (Lipinski definition) is 6. The van der Waals surface area contributed by atoms with Gasteiger partial charge < -0.3 is 9.84 Å². The van der Waals surface area contributed by atoms with Gasteiger partial charge in [-0.15, -0.1) is 0 Å². The van der Waals surface area contributed by atoms with E-state index in [1.54, 1.807) is 36.0 Å². The highest BCUT2D eigenvalue weighted by Gasteiger charge is 2.48. The highest BCUT2D eigenvalue weighted by atomic mass is 16.6. The third-order valence-corrected chi connectivity index (χ3v) is 4.57. The number of nitro groups is 1. The number of aromatic nitrogens is 1. The average molecular weight is 398 g/mol. The second-order valence-electron chi connectivity index (χ2n) is 6.42. The van der Waals surface area contributed by atoms with Crippen molar-refractivity contribution in [3.63, 3.8) is 0 Å². The number of allylic oxidation sites excluding steroid dienone is 1. The zero-order chi connectivity index (χ0) is 21.0. The van der Waals surface area contributed by atoms with E-state index < -0.39 is 17.1 Å². The third-order valence-electron chi connectivity index (χ3n) is 4.57. The Labute approximate surface area is 166 Å². The molecule has 150 valence electrons. The fourth-order valence-electron chi connectivity index (χ4n) is 2.98. The zero-order valence-corrected chi connectivity index (χ0v) is 15.7. The fraction of sp³-hybridized carbons (Fsp3) is 0.250. The number of ether oxygens (including phenoxy) is 1. The van der Waals surface area contributed by atoms with Crippen LogP contribution in [0.3, 0.4) is 0 Å². The second-order valence-corrected chi connectivity index (χ2v) is 6.42. The Morgan fingerprint density at radius 2 is 1.93 bits per heavy atom. The summed E-state index contributed by atoms with van der Waals surface area (Å²) in [5.74, 6) is -1.38. The molecule has 0 spiro atoms. The highest BCUT2D eigenvalue weighted by Crippen LogP contribution is 2.32. The van der Waals surface area contributed by atoms with Crippen molar-refractivity contribution in [1.29, 1.82) is 0 Å². The lowest BCUT2D eigenvalue weighted by Crippen LogP contribution is -2.60. The number of nitrogens with zero attached hydrogens (tertiary/aromatic N) is 3. The first-order valence-corrected chi connectivity index (χ1v) is 9.02. The number of likely N-dealkylation sites (tertiary alicyclic amines) is 1. The molecule has 1 aliphatic rings. The number of carbonyl (C=O) groups is 2. The lowest BCUT2D eigenvalue weighted by Gasteiger charge is -2.36. The molecule has 1 aromatic carbocycles. The number of aliphatic hydroxyl groups excluding tert-OH is 1. The van der Waals surface area contributed by atoms with Crippen LogP contribution >= 0.6 is 0 Å². The smallest absolute Gasteiger partial charge is 0.359 e. The number of hydrogen-bond donors (Lipinski definition) is 1. The molecule has 0 radical (unpaired) electrons. The molecule has 0 aliphatic carbocycles. The molecule has 1 amide bonds. The SMILES string of the molecule is CCC(O)=C(C(=O)OCc1ccc([N+](=O)[O-])cc1)N1C(=O)CC1[n+]1ccccc1. The second kappa shape index (κ2) is 8.51. The Balaban J connectivity index is 1.77.